The van der Waals surface area contributed by atoms with Gasteiger partial charge in [-0.15, -0.1) is 11.3 Å². The Labute approximate surface area is 172 Å². The maximum Gasteiger partial charge on any atom is 0.274 e. The topological polar surface area (TPSA) is 75.7 Å². The summed E-state index contributed by atoms with van der Waals surface area (Å²) in [6, 6.07) is 16.4. The molecule has 1 amide bonds. The number of sulfonamides is 1. The SMILES string of the molecule is COc1ccccc1N(CC(=O)Nc1ccc(Cl)cc1)S(=O)(=O)c1cccs1. The molecule has 28 heavy (non-hydrogen) atoms. The molecule has 0 saturated heterocycles. The van der Waals surface area contributed by atoms with Crippen LogP contribution in [-0.4, -0.2) is 28.0 Å². The van der Waals surface area contributed by atoms with Crippen molar-refractivity contribution in [1.29, 1.82) is 0 Å². The molecule has 0 radical (unpaired) electrons. The lowest BCUT2D eigenvalue weighted by molar-refractivity contribution is -0.114. The van der Waals surface area contributed by atoms with Crippen LogP contribution in [0.2, 0.25) is 5.02 Å². The van der Waals surface area contributed by atoms with Crippen molar-refractivity contribution in [2.45, 2.75) is 4.21 Å². The van der Waals surface area contributed by atoms with E-state index in [-0.39, 0.29) is 9.90 Å². The minimum absolute atomic E-state index is 0.137. The number of hydrogen-bond donors (Lipinski definition) is 1. The number of benzene rings is 2. The highest BCUT2D eigenvalue weighted by atomic mass is 35.5. The molecule has 2 aromatic carbocycles. The molecule has 1 N–H and O–H groups in total. The minimum Gasteiger partial charge on any atom is -0.495 e. The van der Waals surface area contributed by atoms with Crippen LogP contribution in [0.5, 0.6) is 5.75 Å². The number of halogens is 1. The van der Waals surface area contributed by atoms with Gasteiger partial charge >= 0.3 is 0 Å². The molecule has 0 unspecified atom stereocenters. The zero-order valence-corrected chi connectivity index (χ0v) is 17.2. The maximum atomic E-state index is 13.2. The molecule has 0 bridgehead atoms. The van der Waals surface area contributed by atoms with Gasteiger partial charge < -0.3 is 10.1 Å². The Bertz CT molecular complexity index is 1050. The molecule has 0 aliphatic rings. The highest BCUT2D eigenvalue weighted by molar-refractivity contribution is 7.94. The van der Waals surface area contributed by atoms with E-state index in [2.05, 4.69) is 5.32 Å². The van der Waals surface area contributed by atoms with Gasteiger partial charge in [0.25, 0.3) is 10.0 Å². The summed E-state index contributed by atoms with van der Waals surface area (Å²) in [4.78, 5) is 12.6. The van der Waals surface area contributed by atoms with E-state index in [1.165, 1.54) is 13.2 Å². The molecule has 6 nitrogen and oxygen atoms in total. The molecule has 1 heterocycles. The van der Waals surface area contributed by atoms with Crippen molar-refractivity contribution in [2.75, 3.05) is 23.3 Å². The Hall–Kier alpha value is -2.55. The number of nitrogens with zero attached hydrogens (tertiary/aromatic N) is 1. The van der Waals surface area contributed by atoms with E-state index in [4.69, 9.17) is 16.3 Å². The third kappa shape index (κ3) is 4.46. The van der Waals surface area contributed by atoms with Crippen LogP contribution in [0.1, 0.15) is 0 Å². The summed E-state index contributed by atoms with van der Waals surface area (Å²) in [6.07, 6.45) is 0. The number of para-hydroxylation sites is 2. The standard InChI is InChI=1S/C19H17ClN2O4S2/c1-26-17-6-3-2-5-16(17)22(28(24,25)19-7-4-12-27-19)13-18(23)21-15-10-8-14(20)9-11-15/h2-12H,13H2,1H3,(H,21,23). The fourth-order valence-electron chi connectivity index (χ4n) is 2.52. The lowest BCUT2D eigenvalue weighted by atomic mass is 10.3. The second-order valence-electron chi connectivity index (χ2n) is 5.67. The van der Waals surface area contributed by atoms with Crippen molar-refractivity contribution < 1.29 is 17.9 Å². The number of methoxy groups -OCH3 is 1. The van der Waals surface area contributed by atoms with Crippen LogP contribution in [0.15, 0.2) is 70.3 Å². The van der Waals surface area contributed by atoms with Crippen molar-refractivity contribution in [3.05, 3.63) is 71.1 Å². The van der Waals surface area contributed by atoms with Crippen molar-refractivity contribution in [3.63, 3.8) is 0 Å². The van der Waals surface area contributed by atoms with Crippen molar-refractivity contribution in [2.24, 2.45) is 0 Å². The van der Waals surface area contributed by atoms with Crippen molar-refractivity contribution in [3.8, 4) is 5.75 Å². The Morgan fingerprint density at radius 3 is 2.46 bits per heavy atom. The summed E-state index contributed by atoms with van der Waals surface area (Å²) in [5.41, 5.74) is 0.799. The normalized spacial score (nSPS) is 11.1. The fourth-order valence-corrected chi connectivity index (χ4v) is 5.18. The van der Waals surface area contributed by atoms with Crippen LogP contribution in [-0.2, 0) is 14.8 Å². The summed E-state index contributed by atoms with van der Waals surface area (Å²) >= 11 is 6.93. The van der Waals surface area contributed by atoms with E-state index in [1.54, 1.807) is 60.0 Å². The molecular weight excluding hydrogens is 420 g/mol. The average Bonchev–Trinajstić information content (AvgIpc) is 3.23. The van der Waals surface area contributed by atoms with E-state index in [0.29, 0.717) is 16.5 Å². The number of amides is 1. The predicted molar refractivity (Wildman–Crippen MR) is 112 cm³/mol. The third-order valence-electron chi connectivity index (χ3n) is 3.81. The van der Waals surface area contributed by atoms with Crippen LogP contribution in [0.25, 0.3) is 0 Å². The van der Waals surface area contributed by atoms with Crippen LogP contribution >= 0.6 is 22.9 Å². The average molecular weight is 437 g/mol. The lowest BCUT2D eigenvalue weighted by Crippen LogP contribution is -2.38. The van der Waals surface area contributed by atoms with E-state index >= 15 is 0 Å². The largest absolute Gasteiger partial charge is 0.495 e. The highest BCUT2D eigenvalue weighted by Crippen LogP contribution is 2.33. The van der Waals surface area contributed by atoms with Gasteiger partial charge in [-0.25, -0.2) is 8.42 Å². The van der Waals surface area contributed by atoms with Crippen LogP contribution < -0.4 is 14.4 Å². The summed E-state index contributed by atoms with van der Waals surface area (Å²) < 4.78 is 32.8. The number of nitrogens with one attached hydrogen (secondary N) is 1. The van der Waals surface area contributed by atoms with Gasteiger partial charge in [0.05, 0.1) is 12.8 Å². The van der Waals surface area contributed by atoms with E-state index in [9.17, 15) is 13.2 Å². The first-order valence-electron chi connectivity index (χ1n) is 8.16. The number of carbonyl (C=O) groups excluding carboxylic acids is 1. The quantitative estimate of drug-likeness (QED) is 0.600. The predicted octanol–water partition coefficient (Wildman–Crippen LogP) is 4.24. The number of carbonyl (C=O) groups is 1. The molecule has 3 rings (SSSR count). The minimum atomic E-state index is -3.95. The van der Waals surface area contributed by atoms with Gasteiger partial charge in [0, 0.05) is 10.7 Å². The summed E-state index contributed by atoms with van der Waals surface area (Å²) in [7, 11) is -2.50. The Morgan fingerprint density at radius 2 is 1.82 bits per heavy atom. The smallest absolute Gasteiger partial charge is 0.274 e. The number of thiophene rings is 1. The molecule has 146 valence electrons. The Morgan fingerprint density at radius 1 is 1.11 bits per heavy atom. The molecule has 0 saturated carbocycles. The molecule has 0 spiro atoms. The van der Waals surface area contributed by atoms with E-state index in [1.807, 2.05) is 0 Å². The zero-order valence-electron chi connectivity index (χ0n) is 14.8. The Kier molecular flexibility index (Phi) is 6.23. The monoisotopic (exact) mass is 436 g/mol. The Balaban J connectivity index is 1.94. The molecule has 1 aromatic heterocycles. The van der Waals surface area contributed by atoms with Crippen molar-refractivity contribution >= 4 is 50.2 Å². The first-order valence-corrected chi connectivity index (χ1v) is 10.9. The van der Waals surface area contributed by atoms with Crippen LogP contribution in [0.3, 0.4) is 0 Å². The fraction of sp³-hybridized carbons (Fsp3) is 0.105. The second kappa shape index (κ2) is 8.64. The second-order valence-corrected chi connectivity index (χ2v) is 9.14. The summed E-state index contributed by atoms with van der Waals surface area (Å²) in [6.45, 7) is -0.413. The maximum absolute atomic E-state index is 13.2. The van der Waals surface area contributed by atoms with Crippen LogP contribution in [0.4, 0.5) is 11.4 Å². The van der Waals surface area contributed by atoms with Crippen LogP contribution in [0, 0.1) is 0 Å². The first-order chi connectivity index (χ1) is 13.4. The number of ether oxygens (including phenoxy) is 1. The van der Waals surface area contributed by atoms with Gasteiger partial charge in [-0.1, -0.05) is 29.8 Å². The van der Waals surface area contributed by atoms with E-state index < -0.39 is 22.5 Å². The molecule has 0 aliphatic carbocycles. The molecule has 0 aliphatic heterocycles. The molecule has 9 heteroatoms. The number of rotatable bonds is 7. The van der Waals surface area contributed by atoms with Gasteiger partial charge in [-0.2, -0.15) is 0 Å². The van der Waals surface area contributed by atoms with Gasteiger partial charge in [-0.05, 0) is 47.8 Å². The third-order valence-corrected chi connectivity index (χ3v) is 7.19. The summed E-state index contributed by atoms with van der Waals surface area (Å²) in [5.74, 6) is -0.143. The number of hydrogen-bond acceptors (Lipinski definition) is 5. The van der Waals surface area contributed by atoms with E-state index in [0.717, 1.165) is 15.6 Å². The van der Waals surface area contributed by atoms with Gasteiger partial charge in [0.15, 0.2) is 0 Å². The molecule has 0 atom stereocenters. The summed E-state index contributed by atoms with van der Waals surface area (Å²) in [5, 5.41) is 4.89. The van der Waals surface area contributed by atoms with Gasteiger partial charge in [-0.3, -0.25) is 9.10 Å². The lowest BCUT2D eigenvalue weighted by Gasteiger charge is -2.24. The van der Waals surface area contributed by atoms with Crippen molar-refractivity contribution in [1.82, 2.24) is 0 Å². The first kappa shape index (κ1) is 20.2. The highest BCUT2D eigenvalue weighted by Gasteiger charge is 2.30. The molecule has 3 aromatic rings. The van der Waals surface area contributed by atoms with Gasteiger partial charge in [0.2, 0.25) is 5.91 Å². The molecule has 0 fully saturated rings. The zero-order chi connectivity index (χ0) is 20.1. The molecular formula is C19H17ClN2O4S2. The number of anilines is 2. The van der Waals surface area contributed by atoms with Gasteiger partial charge in [0.1, 0.15) is 16.5 Å².